The van der Waals surface area contributed by atoms with Crippen molar-refractivity contribution in [1.29, 1.82) is 0 Å². The lowest BCUT2D eigenvalue weighted by Crippen LogP contribution is -2.33. The quantitative estimate of drug-likeness (QED) is 0.829. The summed E-state index contributed by atoms with van der Waals surface area (Å²) < 4.78 is 6.37. The third-order valence-electron chi connectivity index (χ3n) is 4.25. The zero-order valence-electron chi connectivity index (χ0n) is 12.4. The van der Waals surface area contributed by atoms with Crippen LogP contribution in [0.1, 0.15) is 29.9 Å². The second kappa shape index (κ2) is 6.10. The summed E-state index contributed by atoms with van der Waals surface area (Å²) in [6.45, 7) is 2.12. The Morgan fingerprint density at radius 3 is 2.43 bits per heavy atom. The van der Waals surface area contributed by atoms with Crippen LogP contribution in [-0.4, -0.2) is 13.2 Å². The van der Waals surface area contributed by atoms with Crippen LogP contribution in [0.5, 0.6) is 5.75 Å². The average molecular weight is 346 g/mol. The number of hydrogen-bond acceptors (Lipinski definition) is 2. The van der Waals surface area contributed by atoms with Crippen LogP contribution in [0.3, 0.4) is 0 Å². The van der Waals surface area contributed by atoms with Crippen LogP contribution < -0.4 is 10.1 Å². The maximum atomic E-state index is 5.21. The fraction of sp³-hybridized carbons (Fsp3) is 0.333. The zero-order valence-corrected chi connectivity index (χ0v) is 14.0. The Morgan fingerprint density at radius 2 is 1.81 bits per heavy atom. The van der Waals surface area contributed by atoms with Crippen molar-refractivity contribution in [3.8, 4) is 5.75 Å². The molecule has 1 saturated carbocycles. The molecule has 0 bridgehead atoms. The van der Waals surface area contributed by atoms with Crippen molar-refractivity contribution in [2.75, 3.05) is 12.4 Å². The number of methoxy groups -OCH3 is 1. The maximum Gasteiger partial charge on any atom is 0.118 e. The molecule has 2 aromatic rings. The highest BCUT2D eigenvalue weighted by atomic mass is 79.9. The van der Waals surface area contributed by atoms with Crippen LogP contribution in [0.25, 0.3) is 0 Å². The van der Waals surface area contributed by atoms with Gasteiger partial charge in [-0.2, -0.15) is 0 Å². The van der Waals surface area contributed by atoms with Crippen molar-refractivity contribution >= 4 is 21.6 Å². The van der Waals surface area contributed by atoms with Crippen molar-refractivity contribution in [3.05, 3.63) is 58.1 Å². The molecule has 0 saturated heterocycles. The Balaban J connectivity index is 1.56. The SMILES string of the molecule is COc1ccc(C2CC(Nc3ccc(Br)c(C)c3)C2)cc1. The molecule has 0 aromatic heterocycles. The normalized spacial score (nSPS) is 20.7. The van der Waals surface area contributed by atoms with E-state index in [4.69, 9.17) is 4.74 Å². The number of benzene rings is 2. The zero-order chi connectivity index (χ0) is 14.8. The highest BCUT2D eigenvalue weighted by Gasteiger charge is 2.30. The maximum absolute atomic E-state index is 5.21. The van der Waals surface area contributed by atoms with Crippen molar-refractivity contribution in [1.82, 2.24) is 0 Å². The van der Waals surface area contributed by atoms with Gasteiger partial charge in [0.15, 0.2) is 0 Å². The first-order chi connectivity index (χ1) is 10.2. The van der Waals surface area contributed by atoms with Crippen LogP contribution in [0.2, 0.25) is 0 Å². The van der Waals surface area contributed by atoms with Crippen LogP contribution in [0, 0.1) is 6.92 Å². The van der Waals surface area contributed by atoms with E-state index >= 15 is 0 Å². The molecule has 0 spiro atoms. The van der Waals surface area contributed by atoms with E-state index in [1.165, 1.54) is 29.7 Å². The first-order valence-electron chi connectivity index (χ1n) is 7.32. The van der Waals surface area contributed by atoms with Gasteiger partial charge in [-0.05, 0) is 67.1 Å². The van der Waals surface area contributed by atoms with Crippen molar-refractivity contribution in [2.24, 2.45) is 0 Å². The van der Waals surface area contributed by atoms with Gasteiger partial charge in [-0.1, -0.05) is 28.1 Å². The first kappa shape index (κ1) is 14.5. The van der Waals surface area contributed by atoms with Gasteiger partial charge in [0, 0.05) is 16.2 Å². The summed E-state index contributed by atoms with van der Waals surface area (Å²) in [6, 6.07) is 15.5. The van der Waals surface area contributed by atoms with E-state index in [-0.39, 0.29) is 0 Å². The lowest BCUT2D eigenvalue weighted by molar-refractivity contribution is 0.373. The molecule has 0 aliphatic heterocycles. The minimum atomic E-state index is 0.581. The standard InChI is InChI=1S/C18H20BrNO/c1-12-9-15(5-8-18(12)19)20-16-10-14(11-16)13-3-6-17(21-2)7-4-13/h3-9,14,16,20H,10-11H2,1-2H3. The van der Waals surface area contributed by atoms with Crippen LogP contribution >= 0.6 is 15.9 Å². The minimum Gasteiger partial charge on any atom is -0.497 e. The summed E-state index contributed by atoms with van der Waals surface area (Å²) >= 11 is 3.54. The van der Waals surface area contributed by atoms with Gasteiger partial charge in [0.05, 0.1) is 7.11 Å². The van der Waals surface area contributed by atoms with Crippen LogP contribution in [0.4, 0.5) is 5.69 Å². The number of rotatable bonds is 4. The highest BCUT2D eigenvalue weighted by Crippen LogP contribution is 2.39. The molecule has 1 N–H and O–H groups in total. The Bertz CT molecular complexity index is 618. The van der Waals surface area contributed by atoms with E-state index in [9.17, 15) is 0 Å². The molecule has 110 valence electrons. The minimum absolute atomic E-state index is 0.581. The summed E-state index contributed by atoms with van der Waals surface area (Å²) in [6.07, 6.45) is 2.39. The number of ether oxygens (including phenoxy) is 1. The third-order valence-corrected chi connectivity index (χ3v) is 5.14. The molecule has 1 aliphatic rings. The molecule has 0 radical (unpaired) electrons. The van der Waals surface area contributed by atoms with E-state index in [0.717, 1.165) is 10.2 Å². The van der Waals surface area contributed by atoms with Gasteiger partial charge < -0.3 is 10.1 Å². The smallest absolute Gasteiger partial charge is 0.118 e. The molecule has 0 amide bonds. The number of nitrogens with one attached hydrogen (secondary N) is 1. The molecule has 2 nitrogen and oxygen atoms in total. The topological polar surface area (TPSA) is 21.3 Å². The molecule has 3 heteroatoms. The number of halogens is 1. The molecule has 3 rings (SSSR count). The van der Waals surface area contributed by atoms with Gasteiger partial charge in [-0.15, -0.1) is 0 Å². The Morgan fingerprint density at radius 1 is 1.10 bits per heavy atom. The predicted molar refractivity (Wildman–Crippen MR) is 91.3 cm³/mol. The Hall–Kier alpha value is -1.48. The summed E-state index contributed by atoms with van der Waals surface area (Å²) in [5.41, 5.74) is 3.90. The molecule has 0 atom stereocenters. The third kappa shape index (κ3) is 3.24. The van der Waals surface area contributed by atoms with Gasteiger partial charge >= 0.3 is 0 Å². The van der Waals surface area contributed by atoms with Gasteiger partial charge in [-0.25, -0.2) is 0 Å². The highest BCUT2D eigenvalue weighted by molar-refractivity contribution is 9.10. The van der Waals surface area contributed by atoms with Crippen molar-refractivity contribution in [3.63, 3.8) is 0 Å². The Labute approximate surface area is 134 Å². The van der Waals surface area contributed by atoms with E-state index in [1.54, 1.807) is 7.11 Å². The fourth-order valence-electron chi connectivity index (χ4n) is 2.85. The molecular formula is C18H20BrNO. The van der Waals surface area contributed by atoms with Crippen molar-refractivity contribution in [2.45, 2.75) is 31.7 Å². The molecular weight excluding hydrogens is 326 g/mol. The van der Waals surface area contributed by atoms with Crippen LogP contribution in [0.15, 0.2) is 46.9 Å². The number of anilines is 1. The van der Waals surface area contributed by atoms with Gasteiger partial charge in [0.1, 0.15) is 5.75 Å². The lowest BCUT2D eigenvalue weighted by Gasteiger charge is -2.37. The van der Waals surface area contributed by atoms with E-state index in [1.807, 2.05) is 12.1 Å². The second-order valence-electron chi connectivity index (χ2n) is 5.75. The van der Waals surface area contributed by atoms with Gasteiger partial charge in [0.2, 0.25) is 0 Å². The second-order valence-corrected chi connectivity index (χ2v) is 6.60. The number of hydrogen-bond donors (Lipinski definition) is 1. The van der Waals surface area contributed by atoms with E-state index < -0.39 is 0 Å². The fourth-order valence-corrected chi connectivity index (χ4v) is 3.10. The summed E-state index contributed by atoms with van der Waals surface area (Å²) in [4.78, 5) is 0. The largest absolute Gasteiger partial charge is 0.497 e. The molecule has 1 fully saturated rings. The number of aryl methyl sites for hydroxylation is 1. The Kier molecular flexibility index (Phi) is 4.20. The molecule has 21 heavy (non-hydrogen) atoms. The van der Waals surface area contributed by atoms with Gasteiger partial charge in [-0.3, -0.25) is 0 Å². The van der Waals surface area contributed by atoms with Gasteiger partial charge in [0.25, 0.3) is 0 Å². The first-order valence-corrected chi connectivity index (χ1v) is 8.11. The average Bonchev–Trinajstić information content (AvgIpc) is 2.46. The van der Waals surface area contributed by atoms with E-state index in [0.29, 0.717) is 12.0 Å². The summed E-state index contributed by atoms with van der Waals surface area (Å²) in [5, 5.41) is 3.62. The molecule has 0 heterocycles. The molecule has 0 unspecified atom stereocenters. The lowest BCUT2D eigenvalue weighted by atomic mass is 9.76. The monoisotopic (exact) mass is 345 g/mol. The molecule has 2 aromatic carbocycles. The van der Waals surface area contributed by atoms with Crippen molar-refractivity contribution < 1.29 is 4.74 Å². The van der Waals surface area contributed by atoms with Crippen LogP contribution in [-0.2, 0) is 0 Å². The van der Waals surface area contributed by atoms with E-state index in [2.05, 4.69) is 58.5 Å². The summed E-state index contributed by atoms with van der Waals surface area (Å²) in [5.74, 6) is 1.60. The summed E-state index contributed by atoms with van der Waals surface area (Å²) in [7, 11) is 1.71. The molecule has 1 aliphatic carbocycles. The predicted octanol–water partition coefficient (Wildman–Crippen LogP) is 5.12.